The molecule has 2 heteroatoms. The van der Waals surface area contributed by atoms with Crippen LogP contribution in [0.1, 0.15) is 13.3 Å². The monoisotopic (exact) mass is 178 g/mol. The van der Waals surface area contributed by atoms with Gasteiger partial charge in [-0.25, -0.2) is 0 Å². The Morgan fingerprint density at radius 1 is 1.62 bits per heavy atom. The van der Waals surface area contributed by atoms with Crippen molar-refractivity contribution in [1.82, 2.24) is 5.32 Å². The first-order valence-electron chi connectivity index (χ1n) is 4.13. The molecule has 0 aromatic heterocycles. The van der Waals surface area contributed by atoms with Gasteiger partial charge in [0.2, 0.25) is 0 Å². The summed E-state index contributed by atoms with van der Waals surface area (Å²) in [7, 11) is 1.78. The molecule has 0 fully saturated rings. The molecule has 1 N–H and O–H groups in total. The van der Waals surface area contributed by atoms with E-state index in [4.69, 9.17) is 5.26 Å². The van der Waals surface area contributed by atoms with Crippen molar-refractivity contribution < 1.29 is 0 Å². The van der Waals surface area contributed by atoms with Gasteiger partial charge in [0.25, 0.3) is 0 Å². The maximum atomic E-state index is 8.59. The predicted octanol–water partition coefficient (Wildman–Crippen LogP) is 2.42. The van der Waals surface area contributed by atoms with Crippen LogP contribution in [0.5, 0.6) is 0 Å². The predicted molar refractivity (Wildman–Crippen MR) is 58.3 cm³/mol. The molecule has 0 rings (SSSR count). The Morgan fingerprint density at radius 2 is 2.15 bits per heavy atom. The molecule has 0 aliphatic rings. The highest BCUT2D eigenvalue weighted by Crippen LogP contribution is 2.04. The second-order valence-electron chi connectivity index (χ2n) is 2.24. The average Bonchev–Trinajstić information content (AvgIpc) is 2.23. The van der Waals surface area contributed by atoms with Crippen LogP contribution in [0.2, 0.25) is 0 Å². The van der Waals surface area contributed by atoms with E-state index in [1.165, 1.54) is 0 Å². The number of allylic oxidation sites excluding steroid dienone is 2. The highest BCUT2D eigenvalue weighted by Gasteiger charge is 2.03. The lowest BCUT2D eigenvalue weighted by molar-refractivity contribution is 0.677. The third kappa shape index (κ3) is 7.04. The molecule has 0 saturated heterocycles. The summed E-state index contributed by atoms with van der Waals surface area (Å²) in [5.74, 6) is 0. The fourth-order valence-corrected chi connectivity index (χ4v) is 0.767. The molecule has 2 nitrogen and oxygen atoms in total. The highest BCUT2D eigenvalue weighted by molar-refractivity contribution is 5.18. The zero-order chi connectivity index (χ0) is 10.7. The van der Waals surface area contributed by atoms with E-state index in [9.17, 15) is 0 Å². The molecular weight excluding hydrogens is 160 g/mol. The fraction of sp³-hybridized carbons (Fsp3) is 0.364. The number of rotatable bonds is 4. The van der Waals surface area contributed by atoms with Gasteiger partial charge < -0.3 is 5.32 Å². The smallest absolute Gasteiger partial charge is 0.0991 e. The Labute approximate surface area is 81.3 Å². The van der Waals surface area contributed by atoms with Crippen LogP contribution in [0.4, 0.5) is 0 Å². The van der Waals surface area contributed by atoms with Crippen molar-refractivity contribution in [2.45, 2.75) is 19.4 Å². The first kappa shape index (κ1) is 14.2. The lowest BCUT2D eigenvalue weighted by Crippen LogP contribution is -2.23. The standard InChI is InChI=1S/C9H14N2.C2H4/c1-4-8(5-2)6-9(7-10)11-3;1-2/h4-5,9,11H,1,6H2,2-3H3;1-2H2/b8-5+;. The Hall–Kier alpha value is -1.33. The van der Waals surface area contributed by atoms with Crippen LogP contribution < -0.4 is 5.32 Å². The van der Waals surface area contributed by atoms with E-state index >= 15 is 0 Å². The molecule has 0 aromatic carbocycles. The zero-order valence-corrected chi connectivity index (χ0v) is 8.51. The summed E-state index contributed by atoms with van der Waals surface area (Å²) in [5.41, 5.74) is 1.10. The van der Waals surface area contributed by atoms with Gasteiger partial charge >= 0.3 is 0 Å². The van der Waals surface area contributed by atoms with E-state index in [2.05, 4.69) is 31.1 Å². The number of nitrogens with zero attached hydrogens (tertiary/aromatic N) is 1. The van der Waals surface area contributed by atoms with Crippen molar-refractivity contribution in [1.29, 1.82) is 5.26 Å². The van der Waals surface area contributed by atoms with Crippen molar-refractivity contribution in [2.75, 3.05) is 7.05 Å². The fourth-order valence-electron chi connectivity index (χ4n) is 0.767. The molecule has 13 heavy (non-hydrogen) atoms. The number of hydrogen-bond acceptors (Lipinski definition) is 2. The summed E-state index contributed by atoms with van der Waals surface area (Å²) in [5, 5.41) is 11.5. The van der Waals surface area contributed by atoms with Gasteiger partial charge in [0.15, 0.2) is 0 Å². The van der Waals surface area contributed by atoms with Gasteiger partial charge in [0.05, 0.1) is 12.1 Å². The van der Waals surface area contributed by atoms with Gasteiger partial charge in [-0.3, -0.25) is 0 Å². The summed E-state index contributed by atoms with van der Waals surface area (Å²) in [4.78, 5) is 0. The van der Waals surface area contributed by atoms with Gasteiger partial charge in [-0.1, -0.05) is 24.3 Å². The molecule has 0 spiro atoms. The van der Waals surface area contributed by atoms with E-state index in [1.54, 1.807) is 13.1 Å². The molecule has 1 unspecified atom stereocenters. The molecule has 72 valence electrons. The minimum atomic E-state index is -0.0980. The van der Waals surface area contributed by atoms with E-state index < -0.39 is 0 Å². The van der Waals surface area contributed by atoms with Crippen molar-refractivity contribution >= 4 is 0 Å². The molecule has 0 amide bonds. The normalized spacial score (nSPS) is 11.9. The summed E-state index contributed by atoms with van der Waals surface area (Å²) >= 11 is 0. The van der Waals surface area contributed by atoms with Crippen LogP contribution in [0, 0.1) is 11.3 Å². The lowest BCUT2D eigenvalue weighted by Gasteiger charge is -2.06. The first-order valence-corrected chi connectivity index (χ1v) is 4.13. The summed E-state index contributed by atoms with van der Waals surface area (Å²) < 4.78 is 0. The van der Waals surface area contributed by atoms with Crippen molar-refractivity contribution in [3.8, 4) is 6.07 Å². The van der Waals surface area contributed by atoms with Crippen molar-refractivity contribution in [2.24, 2.45) is 0 Å². The second kappa shape index (κ2) is 10.7. The van der Waals surface area contributed by atoms with Gasteiger partial charge in [0.1, 0.15) is 0 Å². The third-order valence-corrected chi connectivity index (χ3v) is 1.58. The highest BCUT2D eigenvalue weighted by atomic mass is 14.9. The number of nitrogens with one attached hydrogen (secondary N) is 1. The zero-order valence-electron chi connectivity index (χ0n) is 8.51. The van der Waals surface area contributed by atoms with Gasteiger partial charge in [0, 0.05) is 6.42 Å². The Morgan fingerprint density at radius 3 is 2.38 bits per heavy atom. The Bertz CT molecular complexity index is 199. The summed E-state index contributed by atoms with van der Waals surface area (Å²) in [6.45, 7) is 11.6. The average molecular weight is 178 g/mol. The van der Waals surface area contributed by atoms with Crippen LogP contribution in [0.25, 0.3) is 0 Å². The van der Waals surface area contributed by atoms with Gasteiger partial charge in [-0.05, 0) is 14.0 Å². The topological polar surface area (TPSA) is 35.8 Å². The van der Waals surface area contributed by atoms with E-state index in [0.29, 0.717) is 0 Å². The van der Waals surface area contributed by atoms with Gasteiger partial charge in [-0.15, -0.1) is 13.2 Å². The maximum Gasteiger partial charge on any atom is 0.0991 e. The molecule has 0 radical (unpaired) electrons. The van der Waals surface area contributed by atoms with Gasteiger partial charge in [-0.2, -0.15) is 5.26 Å². The third-order valence-electron chi connectivity index (χ3n) is 1.58. The Kier molecular flexibility index (Phi) is 11.7. The first-order chi connectivity index (χ1) is 6.28. The summed E-state index contributed by atoms with van der Waals surface area (Å²) in [6.07, 6.45) is 4.48. The number of nitriles is 1. The molecular formula is C11H18N2. The van der Waals surface area contributed by atoms with Crippen LogP contribution in [-0.2, 0) is 0 Å². The quantitative estimate of drug-likeness (QED) is 0.530. The van der Waals surface area contributed by atoms with E-state index in [0.717, 1.165) is 12.0 Å². The minimum absolute atomic E-state index is 0.0980. The molecule has 1 atom stereocenters. The molecule has 0 aliphatic carbocycles. The molecule has 0 aromatic rings. The largest absolute Gasteiger partial charge is 0.305 e. The van der Waals surface area contributed by atoms with Crippen molar-refractivity contribution in [3.05, 3.63) is 37.5 Å². The SMILES string of the molecule is C=C.C=C/C(=C\C)CC(C#N)NC. The second-order valence-corrected chi connectivity index (χ2v) is 2.24. The molecule has 0 aliphatic heterocycles. The molecule has 0 bridgehead atoms. The maximum absolute atomic E-state index is 8.59. The van der Waals surface area contributed by atoms with Crippen LogP contribution in [0.15, 0.2) is 37.5 Å². The summed E-state index contributed by atoms with van der Waals surface area (Å²) in [6, 6.07) is 2.05. The van der Waals surface area contributed by atoms with E-state index in [1.807, 2.05) is 13.0 Å². The van der Waals surface area contributed by atoms with Crippen molar-refractivity contribution in [3.63, 3.8) is 0 Å². The van der Waals surface area contributed by atoms with Crippen LogP contribution in [0.3, 0.4) is 0 Å². The minimum Gasteiger partial charge on any atom is -0.305 e. The van der Waals surface area contributed by atoms with E-state index in [-0.39, 0.29) is 6.04 Å². The van der Waals surface area contributed by atoms with Crippen LogP contribution >= 0.6 is 0 Å². The molecule has 0 saturated carbocycles. The molecule has 0 heterocycles. The Balaban J connectivity index is 0. The lowest BCUT2D eigenvalue weighted by atomic mass is 10.1. The van der Waals surface area contributed by atoms with Crippen LogP contribution in [-0.4, -0.2) is 13.1 Å². The number of hydrogen-bond donors (Lipinski definition) is 1.